The molecule has 0 amide bonds. The SMILES string of the molecule is Cc1nccnc1N(CCCl)C1CCC1. The predicted molar refractivity (Wildman–Crippen MR) is 62.5 cm³/mol. The molecule has 0 aromatic carbocycles. The number of aromatic nitrogens is 2. The van der Waals surface area contributed by atoms with Crippen LogP contribution in [0.5, 0.6) is 0 Å². The number of hydrogen-bond donors (Lipinski definition) is 0. The second kappa shape index (κ2) is 4.79. The van der Waals surface area contributed by atoms with Crippen LogP contribution in [0.25, 0.3) is 0 Å². The molecule has 4 heteroatoms. The van der Waals surface area contributed by atoms with Crippen molar-refractivity contribution >= 4 is 17.4 Å². The Morgan fingerprint density at radius 2 is 2.13 bits per heavy atom. The van der Waals surface area contributed by atoms with Crippen molar-refractivity contribution in [3.63, 3.8) is 0 Å². The second-order valence-corrected chi connectivity index (χ2v) is 4.31. The molecular weight excluding hydrogens is 210 g/mol. The van der Waals surface area contributed by atoms with E-state index in [0.29, 0.717) is 11.9 Å². The van der Waals surface area contributed by atoms with Crippen LogP contribution in [0.1, 0.15) is 25.0 Å². The molecule has 3 nitrogen and oxygen atoms in total. The van der Waals surface area contributed by atoms with E-state index in [1.54, 1.807) is 12.4 Å². The number of alkyl halides is 1. The Kier molecular flexibility index (Phi) is 3.41. The fourth-order valence-corrected chi connectivity index (χ4v) is 2.12. The smallest absolute Gasteiger partial charge is 0.150 e. The van der Waals surface area contributed by atoms with Crippen LogP contribution in [0.2, 0.25) is 0 Å². The largest absolute Gasteiger partial charge is 0.351 e. The van der Waals surface area contributed by atoms with E-state index in [1.807, 2.05) is 6.92 Å². The third-order valence-corrected chi connectivity index (χ3v) is 3.14. The zero-order valence-corrected chi connectivity index (χ0v) is 9.74. The highest BCUT2D eigenvalue weighted by atomic mass is 35.5. The first-order valence-electron chi connectivity index (χ1n) is 5.43. The van der Waals surface area contributed by atoms with Crippen molar-refractivity contribution in [1.29, 1.82) is 0 Å². The lowest BCUT2D eigenvalue weighted by Crippen LogP contribution is -2.42. The summed E-state index contributed by atoms with van der Waals surface area (Å²) in [6, 6.07) is 0.624. The van der Waals surface area contributed by atoms with Gasteiger partial charge < -0.3 is 4.90 Å². The first kappa shape index (κ1) is 10.7. The second-order valence-electron chi connectivity index (χ2n) is 3.93. The van der Waals surface area contributed by atoms with Gasteiger partial charge in [-0.05, 0) is 26.2 Å². The van der Waals surface area contributed by atoms with Gasteiger partial charge in [0.2, 0.25) is 0 Å². The van der Waals surface area contributed by atoms with Crippen LogP contribution in [0.4, 0.5) is 5.82 Å². The molecule has 2 rings (SSSR count). The van der Waals surface area contributed by atoms with Gasteiger partial charge in [-0.25, -0.2) is 4.98 Å². The third-order valence-electron chi connectivity index (χ3n) is 2.97. The molecule has 0 bridgehead atoms. The fourth-order valence-electron chi connectivity index (χ4n) is 1.93. The molecule has 0 N–H and O–H groups in total. The molecule has 0 unspecified atom stereocenters. The quantitative estimate of drug-likeness (QED) is 0.737. The molecule has 1 fully saturated rings. The lowest BCUT2D eigenvalue weighted by Gasteiger charge is -2.38. The Morgan fingerprint density at radius 3 is 2.67 bits per heavy atom. The molecule has 1 aliphatic carbocycles. The number of halogens is 1. The van der Waals surface area contributed by atoms with Gasteiger partial charge in [0.1, 0.15) is 5.82 Å². The van der Waals surface area contributed by atoms with Crippen molar-refractivity contribution in [2.75, 3.05) is 17.3 Å². The number of rotatable bonds is 4. The summed E-state index contributed by atoms with van der Waals surface area (Å²) in [5.74, 6) is 1.65. The van der Waals surface area contributed by atoms with Crippen LogP contribution in [0, 0.1) is 6.92 Å². The number of aryl methyl sites for hydroxylation is 1. The van der Waals surface area contributed by atoms with Crippen molar-refractivity contribution in [3.8, 4) is 0 Å². The maximum Gasteiger partial charge on any atom is 0.150 e. The van der Waals surface area contributed by atoms with E-state index in [2.05, 4.69) is 14.9 Å². The average molecular weight is 226 g/mol. The molecule has 1 aliphatic rings. The van der Waals surface area contributed by atoms with E-state index < -0.39 is 0 Å². The molecule has 0 aliphatic heterocycles. The van der Waals surface area contributed by atoms with Crippen molar-refractivity contribution in [1.82, 2.24) is 9.97 Å². The Labute approximate surface area is 95.5 Å². The summed E-state index contributed by atoms with van der Waals surface area (Å²) in [4.78, 5) is 11.0. The summed E-state index contributed by atoms with van der Waals surface area (Å²) >= 11 is 5.83. The van der Waals surface area contributed by atoms with Crippen LogP contribution in [0.3, 0.4) is 0 Å². The first-order valence-corrected chi connectivity index (χ1v) is 5.96. The van der Waals surface area contributed by atoms with E-state index in [9.17, 15) is 0 Å². The van der Waals surface area contributed by atoms with Crippen LogP contribution >= 0.6 is 11.6 Å². The van der Waals surface area contributed by atoms with Gasteiger partial charge in [0.05, 0.1) is 5.69 Å². The van der Waals surface area contributed by atoms with Crippen molar-refractivity contribution in [2.24, 2.45) is 0 Å². The lowest BCUT2D eigenvalue weighted by molar-refractivity contribution is 0.388. The van der Waals surface area contributed by atoms with Gasteiger partial charge in [0.15, 0.2) is 0 Å². The highest BCUT2D eigenvalue weighted by Crippen LogP contribution is 2.29. The van der Waals surface area contributed by atoms with Gasteiger partial charge in [-0.3, -0.25) is 4.98 Å². The molecule has 0 radical (unpaired) electrons. The summed E-state index contributed by atoms with van der Waals surface area (Å²) in [5.41, 5.74) is 0.995. The highest BCUT2D eigenvalue weighted by molar-refractivity contribution is 6.18. The van der Waals surface area contributed by atoms with Crippen LogP contribution < -0.4 is 4.90 Å². The van der Waals surface area contributed by atoms with E-state index in [-0.39, 0.29) is 0 Å². The molecule has 1 aromatic heterocycles. The molecule has 82 valence electrons. The molecule has 0 saturated heterocycles. The predicted octanol–water partition coefficient (Wildman–Crippen LogP) is 2.38. The number of hydrogen-bond acceptors (Lipinski definition) is 3. The summed E-state index contributed by atoms with van der Waals surface area (Å²) in [7, 11) is 0. The Morgan fingerprint density at radius 1 is 1.40 bits per heavy atom. The van der Waals surface area contributed by atoms with Gasteiger partial charge in [-0.1, -0.05) is 0 Å². The summed E-state index contributed by atoms with van der Waals surface area (Å²) < 4.78 is 0. The van der Waals surface area contributed by atoms with E-state index >= 15 is 0 Å². The van der Waals surface area contributed by atoms with Crippen LogP contribution in [-0.2, 0) is 0 Å². The monoisotopic (exact) mass is 225 g/mol. The average Bonchev–Trinajstić information content (AvgIpc) is 2.15. The molecular formula is C11H16ClN3. The Balaban J connectivity index is 2.19. The lowest BCUT2D eigenvalue weighted by atomic mass is 9.91. The van der Waals surface area contributed by atoms with Gasteiger partial charge in [0, 0.05) is 30.9 Å². The molecule has 1 aromatic rings. The van der Waals surface area contributed by atoms with Crippen molar-refractivity contribution in [2.45, 2.75) is 32.2 Å². The summed E-state index contributed by atoms with van der Waals surface area (Å²) in [5, 5.41) is 0. The van der Waals surface area contributed by atoms with E-state index in [1.165, 1.54) is 19.3 Å². The van der Waals surface area contributed by atoms with Crippen molar-refractivity contribution in [3.05, 3.63) is 18.1 Å². The fraction of sp³-hybridized carbons (Fsp3) is 0.636. The molecule has 1 heterocycles. The zero-order valence-electron chi connectivity index (χ0n) is 8.99. The minimum atomic E-state index is 0.624. The molecule has 1 saturated carbocycles. The summed E-state index contributed by atoms with van der Waals surface area (Å²) in [6.45, 7) is 2.87. The summed E-state index contributed by atoms with van der Waals surface area (Å²) in [6.07, 6.45) is 7.32. The Bertz CT molecular complexity index is 325. The minimum Gasteiger partial charge on any atom is -0.351 e. The minimum absolute atomic E-state index is 0.624. The van der Waals surface area contributed by atoms with Crippen molar-refractivity contribution < 1.29 is 0 Å². The maximum atomic E-state index is 5.83. The molecule has 0 spiro atoms. The van der Waals surface area contributed by atoms with Gasteiger partial charge >= 0.3 is 0 Å². The highest BCUT2D eigenvalue weighted by Gasteiger charge is 2.26. The normalized spacial score (nSPS) is 16.1. The number of nitrogens with zero attached hydrogens (tertiary/aromatic N) is 3. The van der Waals surface area contributed by atoms with Gasteiger partial charge in [-0.2, -0.15) is 0 Å². The molecule has 0 atom stereocenters. The van der Waals surface area contributed by atoms with Crippen LogP contribution in [0.15, 0.2) is 12.4 Å². The number of anilines is 1. The van der Waals surface area contributed by atoms with Gasteiger partial charge in [-0.15, -0.1) is 11.6 Å². The zero-order chi connectivity index (χ0) is 10.7. The topological polar surface area (TPSA) is 29.0 Å². The maximum absolute atomic E-state index is 5.83. The van der Waals surface area contributed by atoms with Crippen LogP contribution in [-0.4, -0.2) is 28.4 Å². The third kappa shape index (κ3) is 2.23. The van der Waals surface area contributed by atoms with E-state index in [0.717, 1.165) is 18.1 Å². The Hall–Kier alpha value is -0.830. The van der Waals surface area contributed by atoms with Gasteiger partial charge in [0.25, 0.3) is 0 Å². The standard InChI is InChI=1S/C11H16ClN3/c1-9-11(14-7-6-13-9)15(8-5-12)10-3-2-4-10/h6-7,10H,2-5,8H2,1H3. The van der Waals surface area contributed by atoms with E-state index in [4.69, 9.17) is 11.6 Å². The molecule has 15 heavy (non-hydrogen) atoms. The first-order chi connectivity index (χ1) is 7.33.